The second-order valence-electron chi connectivity index (χ2n) is 4.98. The molecule has 2 aromatic carbocycles. The SMILES string of the molecule is NS(=O)(=O)c1ccc(NC2COCc3ccccc32)cc1. The molecule has 21 heavy (non-hydrogen) atoms. The third-order valence-electron chi connectivity index (χ3n) is 3.50. The van der Waals surface area contributed by atoms with Crippen LogP contribution in [0.15, 0.2) is 53.4 Å². The third-order valence-corrected chi connectivity index (χ3v) is 4.43. The fourth-order valence-electron chi connectivity index (χ4n) is 2.44. The minimum atomic E-state index is -3.65. The minimum absolute atomic E-state index is 0.0512. The average molecular weight is 304 g/mol. The number of hydrogen-bond donors (Lipinski definition) is 2. The van der Waals surface area contributed by atoms with Crippen LogP contribution in [0.5, 0.6) is 0 Å². The molecule has 6 heteroatoms. The van der Waals surface area contributed by atoms with Crippen molar-refractivity contribution in [1.29, 1.82) is 0 Å². The first kappa shape index (κ1) is 14.1. The summed E-state index contributed by atoms with van der Waals surface area (Å²) in [6.07, 6.45) is 0. The van der Waals surface area contributed by atoms with E-state index in [0.717, 1.165) is 5.69 Å². The van der Waals surface area contributed by atoms with Gasteiger partial charge in [0.05, 0.1) is 24.2 Å². The highest BCUT2D eigenvalue weighted by atomic mass is 32.2. The number of rotatable bonds is 3. The fraction of sp³-hybridized carbons (Fsp3) is 0.200. The predicted molar refractivity (Wildman–Crippen MR) is 80.3 cm³/mol. The predicted octanol–water partition coefficient (Wildman–Crippen LogP) is 2.02. The van der Waals surface area contributed by atoms with E-state index in [4.69, 9.17) is 9.88 Å². The highest BCUT2D eigenvalue weighted by molar-refractivity contribution is 7.89. The Morgan fingerprint density at radius 2 is 1.81 bits per heavy atom. The summed E-state index contributed by atoms with van der Waals surface area (Å²) < 4.78 is 28.1. The molecule has 0 spiro atoms. The highest BCUT2D eigenvalue weighted by Crippen LogP contribution is 2.28. The molecule has 2 aromatic rings. The molecular weight excluding hydrogens is 288 g/mol. The Bertz CT molecular complexity index is 742. The van der Waals surface area contributed by atoms with Gasteiger partial charge in [-0.3, -0.25) is 0 Å². The smallest absolute Gasteiger partial charge is 0.238 e. The van der Waals surface area contributed by atoms with Crippen molar-refractivity contribution in [3.05, 3.63) is 59.7 Å². The van der Waals surface area contributed by atoms with Gasteiger partial charge in [0, 0.05) is 5.69 Å². The number of nitrogens with two attached hydrogens (primary N) is 1. The lowest BCUT2D eigenvalue weighted by Gasteiger charge is -2.27. The molecule has 0 amide bonds. The first-order valence-electron chi connectivity index (χ1n) is 6.59. The standard InChI is InChI=1S/C15H16N2O3S/c16-21(18,19)13-7-5-12(6-8-13)17-15-10-20-9-11-3-1-2-4-14(11)15/h1-8,15,17H,9-10H2,(H2,16,18,19). The van der Waals surface area contributed by atoms with Crippen LogP contribution in [-0.2, 0) is 21.4 Å². The number of ether oxygens (including phenoxy) is 1. The van der Waals surface area contributed by atoms with Gasteiger partial charge in [0.15, 0.2) is 0 Å². The monoisotopic (exact) mass is 304 g/mol. The van der Waals surface area contributed by atoms with E-state index in [9.17, 15) is 8.42 Å². The Hall–Kier alpha value is -1.89. The van der Waals surface area contributed by atoms with E-state index in [1.165, 1.54) is 23.3 Å². The lowest BCUT2D eigenvalue weighted by atomic mass is 9.99. The topological polar surface area (TPSA) is 81.4 Å². The van der Waals surface area contributed by atoms with Crippen LogP contribution < -0.4 is 10.5 Å². The molecule has 3 N–H and O–H groups in total. The van der Waals surface area contributed by atoms with E-state index in [1.54, 1.807) is 12.1 Å². The van der Waals surface area contributed by atoms with Crippen molar-refractivity contribution < 1.29 is 13.2 Å². The zero-order chi connectivity index (χ0) is 14.9. The van der Waals surface area contributed by atoms with E-state index >= 15 is 0 Å². The first-order valence-corrected chi connectivity index (χ1v) is 8.13. The summed E-state index contributed by atoms with van der Waals surface area (Å²) >= 11 is 0. The van der Waals surface area contributed by atoms with Gasteiger partial charge < -0.3 is 10.1 Å². The molecule has 5 nitrogen and oxygen atoms in total. The molecule has 0 saturated heterocycles. The van der Waals surface area contributed by atoms with Gasteiger partial charge in [0.2, 0.25) is 10.0 Å². The molecule has 1 atom stereocenters. The molecule has 1 aliphatic heterocycles. The van der Waals surface area contributed by atoms with Gasteiger partial charge in [-0.15, -0.1) is 0 Å². The second kappa shape index (κ2) is 5.48. The van der Waals surface area contributed by atoms with Crippen molar-refractivity contribution in [2.75, 3.05) is 11.9 Å². The Kier molecular flexibility index (Phi) is 3.67. The summed E-state index contributed by atoms with van der Waals surface area (Å²) in [6.45, 7) is 1.20. The third kappa shape index (κ3) is 3.07. The van der Waals surface area contributed by atoms with Gasteiger partial charge in [-0.05, 0) is 35.4 Å². The van der Waals surface area contributed by atoms with Crippen molar-refractivity contribution in [3.63, 3.8) is 0 Å². The van der Waals surface area contributed by atoms with Crippen LogP contribution in [0.25, 0.3) is 0 Å². The van der Waals surface area contributed by atoms with Crippen LogP contribution in [0.4, 0.5) is 5.69 Å². The number of nitrogens with one attached hydrogen (secondary N) is 1. The second-order valence-corrected chi connectivity index (χ2v) is 6.54. The largest absolute Gasteiger partial charge is 0.376 e. The zero-order valence-electron chi connectivity index (χ0n) is 11.3. The van der Waals surface area contributed by atoms with Crippen LogP contribution in [0, 0.1) is 0 Å². The first-order chi connectivity index (χ1) is 10.0. The van der Waals surface area contributed by atoms with E-state index in [1.807, 2.05) is 18.2 Å². The van der Waals surface area contributed by atoms with Gasteiger partial charge in [0.25, 0.3) is 0 Å². The van der Waals surface area contributed by atoms with Crippen LogP contribution in [0.3, 0.4) is 0 Å². The molecular formula is C15H16N2O3S. The Morgan fingerprint density at radius 3 is 2.52 bits per heavy atom. The number of anilines is 1. The van der Waals surface area contributed by atoms with E-state index in [0.29, 0.717) is 13.2 Å². The van der Waals surface area contributed by atoms with Gasteiger partial charge in [0.1, 0.15) is 0 Å². The van der Waals surface area contributed by atoms with E-state index in [2.05, 4.69) is 11.4 Å². The molecule has 0 radical (unpaired) electrons. The molecule has 110 valence electrons. The quantitative estimate of drug-likeness (QED) is 0.909. The molecule has 1 unspecified atom stereocenters. The van der Waals surface area contributed by atoms with Crippen LogP contribution in [0.2, 0.25) is 0 Å². The van der Waals surface area contributed by atoms with Crippen LogP contribution in [0.1, 0.15) is 17.2 Å². The van der Waals surface area contributed by atoms with E-state index in [-0.39, 0.29) is 10.9 Å². The van der Waals surface area contributed by atoms with Gasteiger partial charge in [-0.25, -0.2) is 13.6 Å². The maximum Gasteiger partial charge on any atom is 0.238 e. The number of fused-ring (bicyclic) bond motifs is 1. The fourth-order valence-corrected chi connectivity index (χ4v) is 2.96. The van der Waals surface area contributed by atoms with Crippen molar-refractivity contribution in [3.8, 4) is 0 Å². The van der Waals surface area contributed by atoms with Crippen LogP contribution in [-0.4, -0.2) is 15.0 Å². The van der Waals surface area contributed by atoms with Gasteiger partial charge in [-0.2, -0.15) is 0 Å². The Balaban J connectivity index is 1.82. The molecule has 3 rings (SSSR count). The van der Waals surface area contributed by atoms with Crippen molar-refractivity contribution >= 4 is 15.7 Å². The molecule has 1 heterocycles. The van der Waals surface area contributed by atoms with Crippen molar-refractivity contribution in [1.82, 2.24) is 0 Å². The number of benzene rings is 2. The summed E-state index contributed by atoms with van der Waals surface area (Å²) in [6, 6.07) is 14.6. The summed E-state index contributed by atoms with van der Waals surface area (Å²) in [5, 5.41) is 8.44. The molecule has 1 aliphatic rings. The minimum Gasteiger partial charge on any atom is -0.376 e. The molecule has 0 aliphatic carbocycles. The van der Waals surface area contributed by atoms with Crippen LogP contribution >= 0.6 is 0 Å². The summed E-state index contributed by atoms with van der Waals surface area (Å²) in [5.41, 5.74) is 3.20. The number of sulfonamides is 1. The van der Waals surface area contributed by atoms with Gasteiger partial charge >= 0.3 is 0 Å². The average Bonchev–Trinajstić information content (AvgIpc) is 2.47. The highest BCUT2D eigenvalue weighted by Gasteiger charge is 2.20. The summed E-state index contributed by atoms with van der Waals surface area (Å²) in [7, 11) is -3.65. The van der Waals surface area contributed by atoms with Crippen molar-refractivity contribution in [2.24, 2.45) is 5.14 Å². The molecule has 0 fully saturated rings. The maximum absolute atomic E-state index is 11.2. The molecule has 0 aromatic heterocycles. The van der Waals surface area contributed by atoms with Gasteiger partial charge in [-0.1, -0.05) is 24.3 Å². The number of primary sulfonamides is 1. The maximum atomic E-state index is 11.2. The van der Waals surface area contributed by atoms with Crippen molar-refractivity contribution in [2.45, 2.75) is 17.5 Å². The zero-order valence-corrected chi connectivity index (χ0v) is 12.1. The number of hydrogen-bond acceptors (Lipinski definition) is 4. The lowest BCUT2D eigenvalue weighted by molar-refractivity contribution is 0.0970. The molecule has 0 bridgehead atoms. The normalized spacial score (nSPS) is 18.0. The van der Waals surface area contributed by atoms with E-state index < -0.39 is 10.0 Å². The lowest BCUT2D eigenvalue weighted by Crippen LogP contribution is -2.23. The molecule has 0 saturated carbocycles. The summed E-state index contributed by atoms with van der Waals surface area (Å²) in [4.78, 5) is 0.105. The summed E-state index contributed by atoms with van der Waals surface area (Å²) in [5.74, 6) is 0. The Labute approximate surface area is 123 Å². The Morgan fingerprint density at radius 1 is 1.10 bits per heavy atom.